The van der Waals surface area contributed by atoms with Gasteiger partial charge in [0.15, 0.2) is 0 Å². The average Bonchev–Trinajstić information content (AvgIpc) is 2.99. The van der Waals surface area contributed by atoms with Crippen molar-refractivity contribution in [1.29, 1.82) is 0 Å². The largest absolute Gasteiger partial charge is 0.374 e. The van der Waals surface area contributed by atoms with Crippen LogP contribution in [0.5, 0.6) is 0 Å². The summed E-state index contributed by atoms with van der Waals surface area (Å²) < 4.78 is 9.60. The molecule has 0 N–H and O–H groups in total. The third kappa shape index (κ3) is 2.50. The quantitative estimate of drug-likeness (QED) is 0.789. The van der Waals surface area contributed by atoms with E-state index in [4.69, 9.17) is 4.74 Å². The molecule has 0 spiro atoms. The highest BCUT2D eigenvalue weighted by atomic mass is 32.1. The van der Waals surface area contributed by atoms with Crippen LogP contribution in [0.15, 0.2) is 6.20 Å². The van der Waals surface area contributed by atoms with Crippen molar-refractivity contribution in [2.45, 2.75) is 25.5 Å². The maximum Gasteiger partial charge on any atom is 0.267 e. The van der Waals surface area contributed by atoms with Crippen molar-refractivity contribution in [3.8, 4) is 0 Å². The summed E-state index contributed by atoms with van der Waals surface area (Å²) in [6, 6.07) is 0.164. The zero-order valence-corrected chi connectivity index (χ0v) is 11.8. The van der Waals surface area contributed by atoms with E-state index in [0.717, 1.165) is 37.6 Å². The number of likely N-dealkylation sites (tertiary alicyclic amines) is 1. The number of fused-ring (bicyclic) bond motifs is 1. The molecule has 0 bridgehead atoms. The van der Waals surface area contributed by atoms with Gasteiger partial charge in [-0.15, -0.1) is 5.10 Å². The van der Waals surface area contributed by atoms with Crippen molar-refractivity contribution in [3.63, 3.8) is 0 Å². The Morgan fingerprint density at radius 3 is 3.21 bits per heavy atom. The fourth-order valence-corrected chi connectivity index (χ4v) is 3.35. The Balaban J connectivity index is 1.78. The van der Waals surface area contributed by atoms with E-state index in [1.807, 2.05) is 4.90 Å². The van der Waals surface area contributed by atoms with Gasteiger partial charge in [0, 0.05) is 19.6 Å². The third-order valence-corrected chi connectivity index (χ3v) is 4.60. The van der Waals surface area contributed by atoms with Crippen molar-refractivity contribution >= 4 is 17.4 Å². The maximum absolute atomic E-state index is 12.5. The molecule has 3 heterocycles. The summed E-state index contributed by atoms with van der Waals surface area (Å²) in [7, 11) is 0. The molecule has 2 aliphatic rings. The summed E-state index contributed by atoms with van der Waals surface area (Å²) in [4.78, 5) is 17.4. The number of carbonyl (C=O) groups is 1. The molecule has 7 heteroatoms. The topological polar surface area (TPSA) is 58.6 Å². The summed E-state index contributed by atoms with van der Waals surface area (Å²) in [5.41, 5.74) is 0. The summed E-state index contributed by atoms with van der Waals surface area (Å²) in [6.07, 6.45) is 2.74. The van der Waals surface area contributed by atoms with Gasteiger partial charge in [-0.05, 0) is 24.5 Å². The minimum absolute atomic E-state index is 0.0475. The number of aromatic nitrogens is 2. The van der Waals surface area contributed by atoms with Gasteiger partial charge >= 0.3 is 0 Å². The molecule has 0 aliphatic carbocycles. The molecule has 0 unspecified atom stereocenters. The van der Waals surface area contributed by atoms with Gasteiger partial charge in [-0.25, -0.2) is 0 Å². The highest BCUT2D eigenvalue weighted by molar-refractivity contribution is 7.07. The van der Waals surface area contributed by atoms with Crippen LogP contribution < -0.4 is 0 Å². The van der Waals surface area contributed by atoms with Crippen LogP contribution in [0.1, 0.15) is 23.0 Å². The number of amides is 1. The smallest absolute Gasteiger partial charge is 0.267 e. The van der Waals surface area contributed by atoms with Gasteiger partial charge in [-0.2, -0.15) is 0 Å². The molecule has 1 amide bonds. The number of carbonyl (C=O) groups excluding carboxylic acids is 1. The molecule has 2 atom stereocenters. The zero-order chi connectivity index (χ0) is 13.2. The monoisotopic (exact) mass is 282 g/mol. The lowest BCUT2D eigenvalue weighted by Gasteiger charge is -2.46. The normalized spacial score (nSPS) is 28.2. The number of piperidine rings is 1. The van der Waals surface area contributed by atoms with E-state index in [1.165, 1.54) is 0 Å². The van der Waals surface area contributed by atoms with Crippen molar-refractivity contribution in [2.24, 2.45) is 0 Å². The molecule has 1 aromatic rings. The van der Waals surface area contributed by atoms with Gasteiger partial charge in [0.1, 0.15) is 4.88 Å². The van der Waals surface area contributed by atoms with Crippen LogP contribution in [-0.4, -0.2) is 70.2 Å². The summed E-state index contributed by atoms with van der Waals surface area (Å²) >= 11 is 1.16. The molecule has 19 heavy (non-hydrogen) atoms. The average molecular weight is 282 g/mol. The number of likely N-dealkylation sites (N-methyl/N-ethyl adjacent to an activating group) is 1. The Morgan fingerprint density at radius 2 is 2.47 bits per heavy atom. The second-order valence-corrected chi connectivity index (χ2v) is 5.72. The molecule has 1 aromatic heterocycles. The third-order valence-electron chi connectivity index (χ3n) is 3.95. The minimum Gasteiger partial charge on any atom is -0.374 e. The van der Waals surface area contributed by atoms with Crippen LogP contribution >= 0.6 is 11.5 Å². The molecule has 6 nitrogen and oxygen atoms in total. The second-order valence-electron chi connectivity index (χ2n) is 4.94. The van der Waals surface area contributed by atoms with E-state index in [2.05, 4.69) is 21.4 Å². The van der Waals surface area contributed by atoms with Gasteiger partial charge in [0.25, 0.3) is 5.91 Å². The highest BCUT2D eigenvalue weighted by Gasteiger charge is 2.39. The van der Waals surface area contributed by atoms with Gasteiger partial charge in [-0.3, -0.25) is 4.79 Å². The summed E-state index contributed by atoms with van der Waals surface area (Å²) in [5.74, 6) is 0.0475. The Bertz CT molecular complexity index is 439. The Kier molecular flexibility index (Phi) is 3.76. The Labute approximate surface area is 116 Å². The molecule has 3 rings (SSSR count). The predicted octanol–water partition coefficient (Wildman–Crippen LogP) is 0.473. The number of hydrogen-bond acceptors (Lipinski definition) is 6. The first-order chi connectivity index (χ1) is 9.29. The fourth-order valence-electron chi connectivity index (χ4n) is 2.88. The van der Waals surface area contributed by atoms with Crippen LogP contribution in [0.4, 0.5) is 0 Å². The second kappa shape index (κ2) is 5.52. The minimum atomic E-state index is 0.0475. The van der Waals surface area contributed by atoms with E-state index in [9.17, 15) is 4.79 Å². The van der Waals surface area contributed by atoms with Gasteiger partial charge in [-0.1, -0.05) is 11.4 Å². The molecule has 0 aromatic carbocycles. The molecule has 2 fully saturated rings. The van der Waals surface area contributed by atoms with Crippen LogP contribution in [0, 0.1) is 0 Å². The Morgan fingerprint density at radius 1 is 1.58 bits per heavy atom. The van der Waals surface area contributed by atoms with E-state index >= 15 is 0 Å². The number of ether oxygens (including phenoxy) is 1. The predicted molar refractivity (Wildman–Crippen MR) is 71.2 cm³/mol. The van der Waals surface area contributed by atoms with Gasteiger partial charge in [0.05, 0.1) is 24.9 Å². The van der Waals surface area contributed by atoms with E-state index < -0.39 is 0 Å². The van der Waals surface area contributed by atoms with E-state index in [-0.39, 0.29) is 18.1 Å². The lowest BCUT2D eigenvalue weighted by molar-refractivity contribution is -0.0895. The number of hydrogen-bond donors (Lipinski definition) is 0. The number of rotatable bonds is 2. The molecule has 2 saturated heterocycles. The van der Waals surface area contributed by atoms with Crippen molar-refractivity contribution in [3.05, 3.63) is 11.1 Å². The van der Waals surface area contributed by atoms with E-state index in [0.29, 0.717) is 18.0 Å². The fraction of sp³-hybridized carbons (Fsp3) is 0.750. The van der Waals surface area contributed by atoms with Crippen LogP contribution in [0.3, 0.4) is 0 Å². The number of nitrogens with zero attached hydrogens (tertiary/aromatic N) is 4. The molecule has 0 saturated carbocycles. The maximum atomic E-state index is 12.5. The standard InChI is InChI=1S/C12H18N4O2S/c1-2-15-4-3-10-9(8-15)16(5-6-18-10)12(17)11-7-13-14-19-11/h7,9-10H,2-6,8H2,1H3/t9-,10+/m0/s1. The molecule has 2 aliphatic heterocycles. The van der Waals surface area contributed by atoms with Gasteiger partial charge in [0.2, 0.25) is 0 Å². The molecule has 0 radical (unpaired) electrons. The van der Waals surface area contributed by atoms with Crippen LogP contribution in [0.25, 0.3) is 0 Å². The van der Waals surface area contributed by atoms with Crippen molar-refractivity contribution < 1.29 is 9.53 Å². The lowest BCUT2D eigenvalue weighted by atomic mass is 9.98. The highest BCUT2D eigenvalue weighted by Crippen LogP contribution is 2.24. The summed E-state index contributed by atoms with van der Waals surface area (Å²) in [5, 5.41) is 3.75. The van der Waals surface area contributed by atoms with Crippen LogP contribution in [-0.2, 0) is 4.74 Å². The zero-order valence-electron chi connectivity index (χ0n) is 11.0. The molecular formula is C12H18N4O2S. The SMILES string of the molecule is CCN1CC[C@H]2OCCN(C(=O)c3cnns3)[C@H]2C1. The first-order valence-corrected chi connectivity index (χ1v) is 7.49. The van der Waals surface area contributed by atoms with Crippen molar-refractivity contribution in [2.75, 3.05) is 32.8 Å². The van der Waals surface area contributed by atoms with Gasteiger partial charge < -0.3 is 14.5 Å². The summed E-state index contributed by atoms with van der Waals surface area (Å²) in [6.45, 7) is 6.43. The first-order valence-electron chi connectivity index (χ1n) is 6.72. The van der Waals surface area contributed by atoms with E-state index in [1.54, 1.807) is 6.20 Å². The first kappa shape index (κ1) is 13.0. The number of morpholine rings is 1. The lowest BCUT2D eigenvalue weighted by Crippen LogP contribution is -2.61. The Hall–Kier alpha value is -1.05. The van der Waals surface area contributed by atoms with Crippen molar-refractivity contribution in [1.82, 2.24) is 19.4 Å². The van der Waals surface area contributed by atoms with Crippen LogP contribution in [0.2, 0.25) is 0 Å². The molecule has 104 valence electrons. The molecular weight excluding hydrogens is 264 g/mol.